The monoisotopic (exact) mass is 827 g/mol. The van der Waals surface area contributed by atoms with E-state index in [1.54, 1.807) is 24.4 Å². The second-order valence-electron chi connectivity index (χ2n) is 18.0. The largest absolute Gasteiger partial charge is 0.488 e. The van der Waals surface area contributed by atoms with Gasteiger partial charge in [0.15, 0.2) is 5.43 Å². The molecule has 3 saturated heterocycles. The summed E-state index contributed by atoms with van der Waals surface area (Å²) in [4.78, 5) is 77.2. The zero-order chi connectivity index (χ0) is 43.1. The molecule has 4 aromatic rings. The summed E-state index contributed by atoms with van der Waals surface area (Å²) in [5.74, 6) is -0.364. The SMILES string of the molecule is CC1(C)C(NC(=O)c2ccc(N3CCC(CN4CCN(c5ccc(C(=O)N[C@H]6CCC(=O)NC6=O)nc5)CC4)CC3)cc2)C(C)(C)C1Oc1ccc(C#N)c2[nH]ccc(=O)c12. The molecule has 1 aliphatic carbocycles. The van der Waals surface area contributed by atoms with E-state index in [1.165, 1.54) is 12.3 Å². The van der Waals surface area contributed by atoms with Gasteiger partial charge in [-0.05, 0) is 73.7 Å². The second-order valence-corrected chi connectivity index (χ2v) is 18.0. The van der Waals surface area contributed by atoms with Crippen LogP contribution in [-0.4, -0.2) is 102 Å². The molecular weight excluding hydrogens is 775 g/mol. The van der Waals surface area contributed by atoms with E-state index in [0.717, 1.165) is 70.0 Å². The third-order valence-electron chi connectivity index (χ3n) is 13.2. The third kappa shape index (κ3) is 8.29. The van der Waals surface area contributed by atoms with E-state index < -0.39 is 28.7 Å². The lowest BCUT2D eigenvalue weighted by molar-refractivity contribution is -0.163. The molecule has 61 heavy (non-hydrogen) atoms. The van der Waals surface area contributed by atoms with Crippen LogP contribution in [-0.2, 0) is 9.59 Å². The summed E-state index contributed by atoms with van der Waals surface area (Å²) in [5.41, 5.74) is 2.60. The number of carbonyl (C=O) groups is 4. The van der Waals surface area contributed by atoms with Gasteiger partial charge in [0.05, 0.1) is 28.4 Å². The highest BCUT2D eigenvalue weighted by atomic mass is 16.5. The first kappa shape index (κ1) is 41.5. The maximum Gasteiger partial charge on any atom is 0.270 e. The fraction of sp³-hybridized carbons (Fsp3) is 0.457. The van der Waals surface area contributed by atoms with Crippen molar-refractivity contribution in [3.8, 4) is 11.8 Å². The van der Waals surface area contributed by atoms with Crippen LogP contribution in [0, 0.1) is 28.1 Å². The van der Waals surface area contributed by atoms with Crippen molar-refractivity contribution in [2.24, 2.45) is 16.7 Å². The van der Waals surface area contributed by atoms with Crippen molar-refractivity contribution in [2.45, 2.75) is 71.6 Å². The Morgan fingerprint density at radius 3 is 2.18 bits per heavy atom. The van der Waals surface area contributed by atoms with E-state index in [9.17, 15) is 29.2 Å². The Labute approximate surface area is 354 Å². The van der Waals surface area contributed by atoms with Gasteiger partial charge in [0.1, 0.15) is 29.7 Å². The number of benzene rings is 2. The summed E-state index contributed by atoms with van der Waals surface area (Å²) < 4.78 is 6.56. The maximum absolute atomic E-state index is 13.6. The van der Waals surface area contributed by atoms with Crippen LogP contribution in [0.4, 0.5) is 11.4 Å². The van der Waals surface area contributed by atoms with Crippen LogP contribution in [0.25, 0.3) is 10.9 Å². The zero-order valence-electron chi connectivity index (χ0n) is 35.1. The highest BCUT2D eigenvalue weighted by Gasteiger charge is 2.64. The number of rotatable bonds is 10. The first-order chi connectivity index (χ1) is 29.2. The Balaban J connectivity index is 0.782. The smallest absolute Gasteiger partial charge is 0.270 e. The Hall–Kier alpha value is -6.27. The van der Waals surface area contributed by atoms with Crippen molar-refractivity contribution in [2.75, 3.05) is 55.6 Å². The fourth-order valence-electron chi connectivity index (χ4n) is 10.1. The van der Waals surface area contributed by atoms with Gasteiger partial charge in [0.25, 0.3) is 11.8 Å². The summed E-state index contributed by atoms with van der Waals surface area (Å²) in [7, 11) is 0. The topological polar surface area (TPSA) is 193 Å². The Morgan fingerprint density at radius 2 is 1.52 bits per heavy atom. The van der Waals surface area contributed by atoms with Gasteiger partial charge in [-0.3, -0.25) is 34.2 Å². The van der Waals surface area contributed by atoms with Crippen molar-refractivity contribution in [3.05, 3.63) is 94.0 Å². The molecule has 3 aliphatic heterocycles. The highest BCUT2D eigenvalue weighted by molar-refractivity contribution is 6.03. The average molecular weight is 828 g/mol. The summed E-state index contributed by atoms with van der Waals surface area (Å²) in [6.45, 7) is 14.8. The zero-order valence-corrected chi connectivity index (χ0v) is 35.1. The molecule has 4 aliphatic rings. The molecule has 1 atom stereocenters. The number of piperazine rings is 1. The van der Waals surface area contributed by atoms with Gasteiger partial charge in [-0.1, -0.05) is 27.7 Å². The number of pyridine rings is 2. The number of amides is 4. The number of H-pyrrole nitrogens is 1. The third-order valence-corrected chi connectivity index (χ3v) is 13.2. The minimum absolute atomic E-state index is 0.141. The maximum atomic E-state index is 13.6. The number of carbonyl (C=O) groups excluding carboxylic acids is 4. The lowest BCUT2D eigenvalue weighted by atomic mass is 9.49. The van der Waals surface area contributed by atoms with Gasteiger partial charge in [0, 0.05) is 92.6 Å². The summed E-state index contributed by atoms with van der Waals surface area (Å²) in [5, 5.41) is 18.1. The molecule has 5 heterocycles. The molecule has 0 bridgehead atoms. The van der Waals surface area contributed by atoms with E-state index in [4.69, 9.17) is 4.74 Å². The lowest BCUT2D eigenvalue weighted by Crippen LogP contribution is -2.74. The predicted octanol–water partition coefficient (Wildman–Crippen LogP) is 3.98. The minimum atomic E-state index is -0.738. The van der Waals surface area contributed by atoms with Crippen molar-refractivity contribution in [1.82, 2.24) is 30.8 Å². The number of nitriles is 1. The molecule has 4 amide bonds. The van der Waals surface area contributed by atoms with E-state index in [0.29, 0.717) is 33.7 Å². The normalized spacial score (nSPS) is 22.8. The number of aromatic amines is 1. The molecule has 2 aromatic heterocycles. The van der Waals surface area contributed by atoms with Crippen molar-refractivity contribution < 1.29 is 23.9 Å². The fourth-order valence-corrected chi connectivity index (χ4v) is 10.1. The van der Waals surface area contributed by atoms with Gasteiger partial charge in [0.2, 0.25) is 11.8 Å². The molecule has 2 aromatic carbocycles. The van der Waals surface area contributed by atoms with Crippen molar-refractivity contribution in [1.29, 1.82) is 5.26 Å². The van der Waals surface area contributed by atoms with Crippen LogP contribution >= 0.6 is 0 Å². The number of imide groups is 1. The van der Waals surface area contributed by atoms with Gasteiger partial charge >= 0.3 is 0 Å². The van der Waals surface area contributed by atoms with Gasteiger partial charge in [-0.15, -0.1) is 0 Å². The van der Waals surface area contributed by atoms with E-state index in [1.807, 2.05) is 30.3 Å². The van der Waals surface area contributed by atoms with E-state index >= 15 is 0 Å². The molecule has 8 rings (SSSR count). The number of nitrogens with zero attached hydrogens (tertiary/aromatic N) is 5. The Bertz CT molecular complexity index is 2410. The van der Waals surface area contributed by atoms with Crippen molar-refractivity contribution >= 4 is 45.9 Å². The molecule has 4 fully saturated rings. The van der Waals surface area contributed by atoms with Crippen LogP contribution < -0.4 is 35.9 Å². The van der Waals surface area contributed by atoms with Crippen LogP contribution in [0.1, 0.15) is 79.8 Å². The molecule has 15 nitrogen and oxygen atoms in total. The number of ether oxygens (including phenoxy) is 1. The van der Waals surface area contributed by atoms with Gasteiger partial charge in [-0.25, -0.2) is 4.98 Å². The van der Waals surface area contributed by atoms with Crippen molar-refractivity contribution in [3.63, 3.8) is 0 Å². The number of hydrogen-bond donors (Lipinski definition) is 4. The number of piperidine rings is 2. The standard InChI is InChI=1S/C46H53N9O6/c1-45(2)43(46(3,4)44(45)61-36-13-7-30(25-47)39-38(36)35(56)15-18-48-39)52-40(58)29-5-8-31(9-6-29)54-19-16-28(17-20-54)27-53-21-23-55(24-22-53)32-10-11-33(49-26-32)41(59)50-34-12-14-37(57)51-42(34)60/h5-11,13,15,18,26,28,34,43-44H,12,14,16-17,19-24,27H2,1-4H3,(H,48,56)(H,50,59)(H,52,58)(H,51,57,60)/t34-,43?,44?/m0/s1. The summed E-state index contributed by atoms with van der Waals surface area (Å²) in [6.07, 6.45) is 5.59. The van der Waals surface area contributed by atoms with Crippen LogP contribution in [0.15, 0.2) is 71.8 Å². The molecule has 4 N–H and O–H groups in total. The number of aromatic nitrogens is 2. The molecular formula is C46H53N9O6. The molecule has 0 unspecified atom stereocenters. The molecule has 318 valence electrons. The second kappa shape index (κ2) is 16.6. The molecule has 1 saturated carbocycles. The molecule has 0 radical (unpaired) electrons. The minimum Gasteiger partial charge on any atom is -0.488 e. The lowest BCUT2D eigenvalue weighted by Gasteiger charge is -2.63. The molecule has 15 heteroatoms. The van der Waals surface area contributed by atoms with Crippen LogP contribution in [0.5, 0.6) is 5.75 Å². The molecule has 0 spiro atoms. The van der Waals surface area contributed by atoms with Crippen LogP contribution in [0.2, 0.25) is 0 Å². The number of hydrogen-bond acceptors (Lipinski definition) is 11. The number of fused-ring (bicyclic) bond motifs is 1. The summed E-state index contributed by atoms with van der Waals surface area (Å²) >= 11 is 0. The van der Waals surface area contributed by atoms with E-state index in [-0.39, 0.29) is 47.9 Å². The van der Waals surface area contributed by atoms with E-state index in [2.05, 4.69) is 74.4 Å². The predicted molar refractivity (Wildman–Crippen MR) is 230 cm³/mol. The Morgan fingerprint density at radius 1 is 0.836 bits per heavy atom. The average Bonchev–Trinajstić information content (AvgIpc) is 3.26. The number of anilines is 2. The summed E-state index contributed by atoms with van der Waals surface area (Å²) in [6, 6.07) is 17.4. The number of nitrogens with one attached hydrogen (secondary N) is 4. The highest BCUT2D eigenvalue weighted by Crippen LogP contribution is 2.56. The van der Waals surface area contributed by atoms with Gasteiger partial charge < -0.3 is 30.2 Å². The Kier molecular flexibility index (Phi) is 11.3. The van der Waals surface area contributed by atoms with Gasteiger partial charge in [-0.2, -0.15) is 5.26 Å². The first-order valence-electron chi connectivity index (χ1n) is 21.2. The van der Waals surface area contributed by atoms with Crippen LogP contribution in [0.3, 0.4) is 0 Å². The first-order valence-corrected chi connectivity index (χ1v) is 21.2. The quantitative estimate of drug-likeness (QED) is 0.169.